The maximum absolute atomic E-state index is 5.90. The molecule has 6 heteroatoms. The summed E-state index contributed by atoms with van der Waals surface area (Å²) in [7, 11) is 0. The number of nitrogens with one attached hydrogen (secondary N) is 1. The molecule has 1 aromatic heterocycles. The van der Waals surface area contributed by atoms with E-state index in [-0.39, 0.29) is 6.04 Å². The zero-order valence-electron chi connectivity index (χ0n) is 21.3. The molecule has 1 aliphatic heterocycles. The molecule has 0 saturated carbocycles. The second-order valence-electron chi connectivity index (χ2n) is 9.37. The highest BCUT2D eigenvalue weighted by atomic mass is 32.1. The van der Waals surface area contributed by atoms with Crippen molar-refractivity contribution in [1.29, 1.82) is 0 Å². The van der Waals surface area contributed by atoms with E-state index >= 15 is 0 Å². The number of rotatable bonds is 5. The first-order chi connectivity index (χ1) is 17.4. The Balaban J connectivity index is 1.64. The second kappa shape index (κ2) is 9.70. The number of anilines is 1. The zero-order valence-corrected chi connectivity index (χ0v) is 22.1. The summed E-state index contributed by atoms with van der Waals surface area (Å²) in [5, 5.41) is 8.53. The molecule has 0 saturated heterocycles. The summed E-state index contributed by atoms with van der Waals surface area (Å²) in [6.45, 7) is 10.5. The lowest BCUT2D eigenvalue weighted by molar-refractivity contribution is 0.404. The summed E-state index contributed by atoms with van der Waals surface area (Å²) >= 11 is 5.88. The van der Waals surface area contributed by atoms with Crippen LogP contribution in [0.4, 0.5) is 5.69 Å². The highest BCUT2D eigenvalue weighted by Gasteiger charge is 2.35. The fourth-order valence-electron chi connectivity index (χ4n) is 4.56. The highest BCUT2D eigenvalue weighted by Crippen LogP contribution is 2.39. The van der Waals surface area contributed by atoms with Gasteiger partial charge in [-0.3, -0.25) is 4.90 Å². The van der Waals surface area contributed by atoms with Gasteiger partial charge in [0, 0.05) is 16.9 Å². The number of hydrogen-bond donors (Lipinski definition) is 1. The first-order valence-corrected chi connectivity index (χ1v) is 12.6. The molecule has 1 atom stereocenters. The molecule has 1 N–H and O–H groups in total. The SMILES string of the molecule is CCc1ccc(-c2noc(C3=C(C)N(c4ccc(C)cc4)C(=S)NC3c3ccc(C)c(C)c3)n2)cc1. The van der Waals surface area contributed by atoms with E-state index in [1.807, 2.05) is 17.0 Å². The molecule has 1 aliphatic rings. The molecule has 0 radical (unpaired) electrons. The van der Waals surface area contributed by atoms with Crippen LogP contribution in [0.5, 0.6) is 0 Å². The number of benzene rings is 3. The van der Waals surface area contributed by atoms with E-state index in [4.69, 9.17) is 21.7 Å². The minimum Gasteiger partial charge on any atom is -0.351 e. The number of thiocarbonyl (C=S) groups is 1. The molecule has 5 nitrogen and oxygen atoms in total. The smallest absolute Gasteiger partial charge is 0.258 e. The molecule has 0 spiro atoms. The zero-order chi connectivity index (χ0) is 25.4. The van der Waals surface area contributed by atoms with E-state index in [1.165, 1.54) is 22.3 Å². The summed E-state index contributed by atoms with van der Waals surface area (Å²) < 4.78 is 5.90. The second-order valence-corrected chi connectivity index (χ2v) is 9.76. The average Bonchev–Trinajstić information content (AvgIpc) is 3.36. The molecule has 182 valence electrons. The van der Waals surface area contributed by atoms with Crippen LogP contribution in [0.3, 0.4) is 0 Å². The lowest BCUT2D eigenvalue weighted by Gasteiger charge is -2.37. The van der Waals surface area contributed by atoms with E-state index < -0.39 is 0 Å². The Morgan fingerprint density at radius 3 is 2.31 bits per heavy atom. The molecule has 36 heavy (non-hydrogen) atoms. The van der Waals surface area contributed by atoms with Crippen LogP contribution in [0.25, 0.3) is 17.0 Å². The number of aromatic nitrogens is 2. The standard InChI is InChI=1S/C30H30N4OS/c1-6-22-10-13-23(14-11-22)28-32-29(35-33-28)26-21(5)34(25-15-7-18(2)8-16-25)30(36)31-27(26)24-12-9-19(3)20(4)17-24/h7-17,27H,6H2,1-5H3,(H,31,36). The van der Waals surface area contributed by atoms with Gasteiger partial charge in [-0.2, -0.15) is 4.98 Å². The quantitative estimate of drug-likeness (QED) is 0.299. The Kier molecular flexibility index (Phi) is 6.46. The highest BCUT2D eigenvalue weighted by molar-refractivity contribution is 7.80. The Labute approximate surface area is 217 Å². The van der Waals surface area contributed by atoms with Crippen molar-refractivity contribution in [1.82, 2.24) is 15.5 Å². The van der Waals surface area contributed by atoms with E-state index in [0.717, 1.165) is 34.5 Å². The van der Waals surface area contributed by atoms with Crippen molar-refractivity contribution in [3.63, 3.8) is 0 Å². The van der Waals surface area contributed by atoms with Crippen molar-refractivity contribution in [3.8, 4) is 11.4 Å². The van der Waals surface area contributed by atoms with Gasteiger partial charge in [-0.15, -0.1) is 0 Å². The van der Waals surface area contributed by atoms with Crippen LogP contribution in [0, 0.1) is 20.8 Å². The van der Waals surface area contributed by atoms with Gasteiger partial charge in [-0.1, -0.05) is 72.2 Å². The number of nitrogens with zero attached hydrogens (tertiary/aromatic N) is 3. The van der Waals surface area contributed by atoms with Crippen LogP contribution in [-0.2, 0) is 6.42 Å². The molecule has 1 unspecified atom stereocenters. The Hall–Kier alpha value is -3.77. The number of hydrogen-bond acceptors (Lipinski definition) is 4. The maximum atomic E-state index is 5.90. The Bertz CT molecular complexity index is 1450. The Morgan fingerprint density at radius 1 is 0.917 bits per heavy atom. The van der Waals surface area contributed by atoms with Gasteiger partial charge in [0.1, 0.15) is 0 Å². The first kappa shape index (κ1) is 23.9. The lowest BCUT2D eigenvalue weighted by atomic mass is 9.92. The topological polar surface area (TPSA) is 54.2 Å². The maximum Gasteiger partial charge on any atom is 0.258 e. The van der Waals surface area contributed by atoms with E-state index in [9.17, 15) is 0 Å². The first-order valence-electron chi connectivity index (χ1n) is 12.2. The van der Waals surface area contributed by atoms with Crippen LogP contribution in [0.1, 0.15) is 53.6 Å². The van der Waals surface area contributed by atoms with Crippen molar-refractivity contribution < 1.29 is 4.52 Å². The summed E-state index contributed by atoms with van der Waals surface area (Å²) in [5.41, 5.74) is 9.83. The van der Waals surface area contributed by atoms with Crippen molar-refractivity contribution in [2.75, 3.05) is 4.90 Å². The molecule has 2 heterocycles. The third-order valence-corrected chi connectivity index (χ3v) is 7.22. The molecular formula is C30H30N4OS. The van der Waals surface area contributed by atoms with Gasteiger partial charge in [0.25, 0.3) is 5.89 Å². The van der Waals surface area contributed by atoms with Crippen LogP contribution in [0.2, 0.25) is 0 Å². The van der Waals surface area contributed by atoms with Gasteiger partial charge in [-0.25, -0.2) is 0 Å². The molecule has 4 aromatic rings. The third-order valence-electron chi connectivity index (χ3n) is 6.92. The number of allylic oxidation sites excluding steroid dienone is 1. The molecule has 0 aliphatic carbocycles. The largest absolute Gasteiger partial charge is 0.351 e. The van der Waals surface area contributed by atoms with Crippen LogP contribution >= 0.6 is 12.2 Å². The number of aryl methyl sites for hydroxylation is 4. The molecule has 0 amide bonds. The molecule has 5 rings (SSSR count). The van der Waals surface area contributed by atoms with E-state index in [2.05, 4.69) is 99.7 Å². The summed E-state index contributed by atoms with van der Waals surface area (Å²) in [6, 6.07) is 22.9. The van der Waals surface area contributed by atoms with Crippen LogP contribution in [-0.4, -0.2) is 15.3 Å². The van der Waals surface area contributed by atoms with Crippen molar-refractivity contribution >= 4 is 28.6 Å². The molecule has 0 fully saturated rings. The van der Waals surface area contributed by atoms with Gasteiger partial charge in [0.05, 0.1) is 11.6 Å². The third kappa shape index (κ3) is 4.44. The van der Waals surface area contributed by atoms with Crippen molar-refractivity contribution in [2.24, 2.45) is 0 Å². The molecule has 0 bridgehead atoms. The summed E-state index contributed by atoms with van der Waals surface area (Å²) in [4.78, 5) is 6.89. The normalized spacial score (nSPS) is 15.9. The fourth-order valence-corrected chi connectivity index (χ4v) is 4.92. The van der Waals surface area contributed by atoms with Gasteiger partial charge in [0.2, 0.25) is 5.82 Å². The van der Waals surface area contributed by atoms with Crippen molar-refractivity contribution in [2.45, 2.75) is 47.1 Å². The van der Waals surface area contributed by atoms with Crippen LogP contribution in [0.15, 0.2) is 77.0 Å². The minimum absolute atomic E-state index is 0.214. The molecule has 3 aromatic carbocycles. The van der Waals surface area contributed by atoms with Gasteiger partial charge < -0.3 is 9.84 Å². The average molecular weight is 495 g/mol. The van der Waals surface area contributed by atoms with Gasteiger partial charge in [-0.05, 0) is 80.7 Å². The summed E-state index contributed by atoms with van der Waals surface area (Å²) in [5.74, 6) is 1.05. The summed E-state index contributed by atoms with van der Waals surface area (Å²) in [6.07, 6.45) is 0.988. The fraction of sp³-hybridized carbons (Fsp3) is 0.233. The van der Waals surface area contributed by atoms with Crippen LogP contribution < -0.4 is 10.2 Å². The Morgan fingerprint density at radius 2 is 1.64 bits per heavy atom. The minimum atomic E-state index is -0.214. The predicted molar refractivity (Wildman–Crippen MR) is 150 cm³/mol. The van der Waals surface area contributed by atoms with E-state index in [0.29, 0.717) is 16.8 Å². The van der Waals surface area contributed by atoms with Gasteiger partial charge >= 0.3 is 0 Å². The van der Waals surface area contributed by atoms with Crippen molar-refractivity contribution in [3.05, 3.63) is 106 Å². The molecular weight excluding hydrogens is 464 g/mol. The monoisotopic (exact) mass is 494 g/mol. The van der Waals surface area contributed by atoms with E-state index in [1.54, 1.807) is 0 Å². The van der Waals surface area contributed by atoms with Gasteiger partial charge in [0.15, 0.2) is 5.11 Å². The lowest BCUT2D eigenvalue weighted by Crippen LogP contribution is -2.46. The predicted octanol–water partition coefficient (Wildman–Crippen LogP) is 7.09.